The van der Waals surface area contributed by atoms with Crippen molar-refractivity contribution in [3.63, 3.8) is 0 Å². The van der Waals surface area contributed by atoms with Crippen molar-refractivity contribution in [1.82, 2.24) is 0 Å². The van der Waals surface area contributed by atoms with Crippen LogP contribution in [-0.4, -0.2) is 176 Å². The van der Waals surface area contributed by atoms with Crippen LogP contribution in [0.2, 0.25) is 0 Å². The second kappa shape index (κ2) is 18.7. The van der Waals surface area contributed by atoms with Gasteiger partial charge in [-0.25, -0.2) is 4.79 Å². The van der Waals surface area contributed by atoms with Crippen LogP contribution in [0, 0.1) is 0 Å². The zero-order valence-electron chi connectivity index (χ0n) is 26.7. The highest BCUT2D eigenvalue weighted by molar-refractivity contribution is 6.17. The van der Waals surface area contributed by atoms with Crippen LogP contribution in [0.15, 0.2) is 10.2 Å². The van der Waals surface area contributed by atoms with E-state index in [1.54, 1.807) is 0 Å². The summed E-state index contributed by atoms with van der Waals surface area (Å²) in [7, 11) is 0. The first kappa shape index (κ1) is 41.7. The van der Waals surface area contributed by atoms with E-state index in [4.69, 9.17) is 55.8 Å². The minimum absolute atomic E-state index is 0.0245. The highest BCUT2D eigenvalue weighted by Crippen LogP contribution is 2.37. The Morgan fingerprint density at radius 1 is 0.980 bits per heavy atom. The van der Waals surface area contributed by atoms with Crippen molar-refractivity contribution >= 4 is 23.5 Å². The van der Waals surface area contributed by atoms with E-state index < -0.39 is 129 Å². The molecule has 0 spiro atoms. The number of carboxylic acid groups (broad SMARTS) is 1. The second-order valence-electron chi connectivity index (χ2n) is 11.7. The molecule has 24 heteroatoms. The summed E-state index contributed by atoms with van der Waals surface area (Å²) in [5, 5.41) is 91.6. The second-order valence-corrected chi connectivity index (χ2v) is 12.1. The summed E-state index contributed by atoms with van der Waals surface area (Å²) < 4.78 is 38.5. The third-order valence-corrected chi connectivity index (χ3v) is 8.42. The van der Waals surface area contributed by atoms with Crippen molar-refractivity contribution in [1.29, 1.82) is 0 Å². The number of halogens is 1. The van der Waals surface area contributed by atoms with Gasteiger partial charge in [0, 0.05) is 29.0 Å². The van der Waals surface area contributed by atoms with Crippen molar-refractivity contribution < 1.29 is 83.6 Å². The van der Waals surface area contributed by atoms with Gasteiger partial charge in [0.25, 0.3) is 5.79 Å². The predicted octanol–water partition coefficient (Wildman–Crippen LogP) is -2.48. The number of hydrogen-bond donors (Lipinski definition) is 8. The molecular weight excluding hydrogens is 704 g/mol. The molecule has 3 rings (SSSR count). The topological polar surface area (TPSA) is 358 Å². The van der Waals surface area contributed by atoms with E-state index in [0.717, 1.165) is 13.8 Å². The lowest BCUT2D eigenvalue weighted by Gasteiger charge is -2.47. The molecule has 3 fully saturated rings. The molecule has 8 N–H and O–H groups in total. The molecule has 23 nitrogen and oxygen atoms in total. The van der Waals surface area contributed by atoms with Crippen molar-refractivity contribution in [3.05, 3.63) is 20.9 Å². The van der Waals surface area contributed by atoms with Gasteiger partial charge in [0.05, 0.1) is 43.6 Å². The number of hydrogen-bond acceptors (Lipinski definition) is 18. The molecule has 0 saturated carbocycles. The molecule has 284 valence electrons. The van der Waals surface area contributed by atoms with Gasteiger partial charge >= 0.3 is 11.9 Å². The minimum atomic E-state index is -2.81. The smallest absolute Gasteiger partial charge is 0.364 e. The zero-order valence-corrected chi connectivity index (χ0v) is 27.5. The van der Waals surface area contributed by atoms with Gasteiger partial charge in [-0.05, 0) is 24.4 Å². The monoisotopic (exact) mass is 744 g/mol. The maximum atomic E-state index is 12.5. The third-order valence-electron chi connectivity index (χ3n) is 8.15. The molecule has 3 aliphatic heterocycles. The van der Waals surface area contributed by atoms with Crippen LogP contribution in [0.1, 0.15) is 26.7 Å². The summed E-state index contributed by atoms with van der Waals surface area (Å²) in [6, 6.07) is -3.15. The number of aliphatic hydroxyl groups is 7. The van der Waals surface area contributed by atoms with Gasteiger partial charge in [-0.1, -0.05) is 10.2 Å². The quantitative estimate of drug-likeness (QED) is 0.0202. The Labute approximate surface area is 288 Å². The molecule has 0 radical (unpaired) electrons. The van der Waals surface area contributed by atoms with Gasteiger partial charge in [0.15, 0.2) is 12.6 Å². The molecule has 0 bridgehead atoms. The average molecular weight is 745 g/mol. The number of alkyl halides is 1. The van der Waals surface area contributed by atoms with Crippen molar-refractivity contribution in [3.8, 4) is 0 Å². The Bertz CT molecular complexity index is 1230. The summed E-state index contributed by atoms with van der Waals surface area (Å²) in [5.41, 5.74) is 18.0. The zero-order chi connectivity index (χ0) is 37.3. The molecule has 3 aliphatic rings. The van der Waals surface area contributed by atoms with Crippen molar-refractivity contribution in [2.24, 2.45) is 10.2 Å². The number of aliphatic hydroxyl groups excluding tert-OH is 7. The van der Waals surface area contributed by atoms with E-state index in [0.29, 0.717) is 6.42 Å². The molecule has 0 amide bonds. The standard InChI is InChI=1S/C26H41ClN6O17/c1-9(34)14(30-32-28)22-15(31-33-29)11(36)6-26(50-22,25(42)43)46-8-12-16(37)17(38)19(40)24(47-12)49-21-13(7-45-10(2)35)48-23(20(41)18(21)39)44-5-3-4-27/h9,11-24,34,36-41H,3-8H2,1-2H3,(H,42,43)/t9-,11-,12?,13?,14-,15-,16+,17+,18-,19?,20?,21-,22?,23-,24+,26-/m1/s1. The number of azide groups is 2. The van der Waals surface area contributed by atoms with Crippen molar-refractivity contribution in [2.75, 3.05) is 25.7 Å². The van der Waals surface area contributed by atoms with Gasteiger partial charge in [-0.3, -0.25) is 4.79 Å². The molecule has 16 atom stereocenters. The van der Waals surface area contributed by atoms with Gasteiger partial charge in [0.2, 0.25) is 0 Å². The van der Waals surface area contributed by atoms with Crippen molar-refractivity contribution in [2.45, 2.75) is 124 Å². The van der Waals surface area contributed by atoms with E-state index in [1.807, 2.05) is 0 Å². The minimum Gasteiger partial charge on any atom is -0.477 e. The molecule has 0 aromatic carbocycles. The first-order valence-electron chi connectivity index (χ1n) is 15.3. The number of carbonyl (C=O) groups excluding carboxylic acids is 1. The number of nitrogens with zero attached hydrogens (tertiary/aromatic N) is 6. The van der Waals surface area contributed by atoms with Crippen LogP contribution < -0.4 is 0 Å². The Kier molecular flexibility index (Phi) is 15.6. The average Bonchev–Trinajstić information content (AvgIpc) is 3.06. The maximum absolute atomic E-state index is 12.5. The molecule has 5 unspecified atom stereocenters. The first-order valence-corrected chi connectivity index (χ1v) is 15.8. The van der Waals surface area contributed by atoms with E-state index in [1.165, 1.54) is 0 Å². The molecule has 3 saturated heterocycles. The fraction of sp³-hybridized carbons (Fsp3) is 0.923. The van der Waals surface area contributed by atoms with Crippen LogP contribution >= 0.6 is 11.6 Å². The number of esters is 1. The summed E-state index contributed by atoms with van der Waals surface area (Å²) in [6.45, 7) is 0.786. The number of rotatable bonds is 16. The Morgan fingerprint density at radius 2 is 1.64 bits per heavy atom. The van der Waals surface area contributed by atoms with E-state index in [9.17, 15) is 50.4 Å². The lowest BCUT2D eigenvalue weighted by atomic mass is 9.88. The van der Waals surface area contributed by atoms with Gasteiger partial charge in [0.1, 0.15) is 55.4 Å². The fourth-order valence-corrected chi connectivity index (χ4v) is 5.66. The molecule has 0 aromatic heterocycles. The van der Waals surface area contributed by atoms with Gasteiger partial charge < -0.3 is 74.0 Å². The van der Waals surface area contributed by atoms with Gasteiger partial charge in [-0.15, -0.1) is 11.6 Å². The molecule has 50 heavy (non-hydrogen) atoms. The Hall–Kier alpha value is -2.67. The van der Waals surface area contributed by atoms with Crippen LogP contribution in [0.3, 0.4) is 0 Å². The van der Waals surface area contributed by atoms with E-state index in [2.05, 4.69) is 20.1 Å². The molecule has 0 aliphatic carbocycles. The van der Waals surface area contributed by atoms with Crippen LogP contribution in [0.4, 0.5) is 0 Å². The SMILES string of the molecule is CC(=O)OCC1O[C@@H](OCCCCl)C(O)[C@@H](O)[C@@H]1O[C@@H]1OC(CO[C@]2(C(=O)O)C[C@@H](O)[C@@H](N=[N+]=[N-])C([C@H](N=[N+]=[N-])[C@@H](C)O)O2)[C@H](O)[C@H](O)C1O. The molecular formula is C26H41ClN6O17. The highest BCUT2D eigenvalue weighted by Gasteiger charge is 2.57. The summed E-state index contributed by atoms with van der Waals surface area (Å²) in [5.74, 6) is -5.18. The van der Waals surface area contributed by atoms with Crippen LogP contribution in [0.5, 0.6) is 0 Å². The number of ether oxygens (including phenoxy) is 7. The Balaban J connectivity index is 1.85. The fourth-order valence-electron chi connectivity index (χ4n) is 5.55. The highest BCUT2D eigenvalue weighted by atomic mass is 35.5. The largest absolute Gasteiger partial charge is 0.477 e. The Morgan fingerprint density at radius 3 is 2.22 bits per heavy atom. The summed E-state index contributed by atoms with van der Waals surface area (Å²) in [6.07, 6.45) is -23.3. The van der Waals surface area contributed by atoms with Crippen LogP contribution in [0.25, 0.3) is 20.9 Å². The van der Waals surface area contributed by atoms with Gasteiger partial charge in [-0.2, -0.15) is 0 Å². The lowest BCUT2D eigenvalue weighted by molar-refractivity contribution is -0.366. The normalized spacial score (nSPS) is 40.1. The predicted molar refractivity (Wildman–Crippen MR) is 160 cm³/mol. The summed E-state index contributed by atoms with van der Waals surface area (Å²) >= 11 is 5.65. The van der Waals surface area contributed by atoms with E-state index >= 15 is 0 Å². The number of carboxylic acids is 1. The lowest BCUT2D eigenvalue weighted by Crippen LogP contribution is -2.66. The van der Waals surface area contributed by atoms with E-state index in [-0.39, 0.29) is 12.5 Å². The maximum Gasteiger partial charge on any atom is 0.364 e. The third kappa shape index (κ3) is 9.80. The summed E-state index contributed by atoms with van der Waals surface area (Å²) in [4.78, 5) is 29.2. The number of carbonyl (C=O) groups is 2. The first-order chi connectivity index (χ1) is 23.6. The number of aliphatic carboxylic acids is 1. The molecule has 3 heterocycles. The molecule has 0 aromatic rings. The van der Waals surface area contributed by atoms with Crippen LogP contribution in [-0.2, 0) is 42.7 Å².